The number of aromatic nitrogens is 2. The highest BCUT2D eigenvalue weighted by molar-refractivity contribution is 5.79. The fourth-order valence-corrected chi connectivity index (χ4v) is 5.86. The Hall–Kier alpha value is -2.88. The molecule has 2 aromatic rings. The Bertz CT molecular complexity index is 1110. The lowest BCUT2D eigenvalue weighted by atomic mass is 9.90. The minimum absolute atomic E-state index is 0.00738. The molecule has 206 valence electrons. The summed E-state index contributed by atoms with van der Waals surface area (Å²) in [6, 6.07) is 1.17. The van der Waals surface area contributed by atoms with Gasteiger partial charge in [-0.2, -0.15) is 8.78 Å². The number of benzene rings is 1. The highest BCUT2D eigenvalue weighted by Crippen LogP contribution is 2.50. The van der Waals surface area contributed by atoms with Gasteiger partial charge in [0.1, 0.15) is 11.6 Å². The molecule has 1 amide bonds. The Morgan fingerprint density at radius 2 is 1.92 bits per heavy atom. The number of alkyl halides is 2. The first-order chi connectivity index (χ1) is 18.3. The van der Waals surface area contributed by atoms with Crippen molar-refractivity contribution in [1.29, 1.82) is 0 Å². The molecule has 1 saturated carbocycles. The molecule has 2 saturated heterocycles. The molecule has 5 rings (SSSR count). The molecule has 10 heteroatoms. The number of hydrogen-bond acceptors (Lipinski definition) is 6. The van der Waals surface area contributed by atoms with Crippen LogP contribution < -0.4 is 9.64 Å². The quantitative estimate of drug-likeness (QED) is 0.408. The van der Waals surface area contributed by atoms with E-state index in [0.29, 0.717) is 41.6 Å². The van der Waals surface area contributed by atoms with E-state index in [1.165, 1.54) is 18.6 Å². The zero-order chi connectivity index (χ0) is 26.7. The molecule has 0 bridgehead atoms. The Balaban J connectivity index is 1.02. The van der Waals surface area contributed by atoms with Crippen LogP contribution in [0.5, 0.6) is 5.75 Å². The third-order valence-electron chi connectivity index (χ3n) is 8.09. The van der Waals surface area contributed by atoms with Gasteiger partial charge in [-0.25, -0.2) is 14.4 Å². The van der Waals surface area contributed by atoms with Crippen LogP contribution in [0.15, 0.2) is 30.6 Å². The third kappa shape index (κ3) is 6.22. The number of likely N-dealkylation sites (tertiary alicyclic amines) is 1. The lowest BCUT2D eigenvalue weighted by molar-refractivity contribution is -0.161. The van der Waals surface area contributed by atoms with Crippen molar-refractivity contribution >= 4 is 11.9 Å². The van der Waals surface area contributed by atoms with Crippen molar-refractivity contribution < 1.29 is 27.4 Å². The van der Waals surface area contributed by atoms with Crippen molar-refractivity contribution in [1.82, 2.24) is 14.9 Å². The highest BCUT2D eigenvalue weighted by Gasteiger charge is 2.45. The van der Waals surface area contributed by atoms with Crippen LogP contribution in [0.25, 0.3) is 0 Å². The normalized spacial score (nSPS) is 23.1. The molecule has 1 aromatic heterocycles. The smallest absolute Gasteiger partial charge is 0.327 e. The number of methoxy groups -OCH3 is 1. The first-order valence-electron chi connectivity index (χ1n) is 13.5. The van der Waals surface area contributed by atoms with Gasteiger partial charge in [-0.3, -0.25) is 9.69 Å². The van der Waals surface area contributed by atoms with E-state index in [1.54, 1.807) is 13.2 Å². The predicted molar refractivity (Wildman–Crippen MR) is 135 cm³/mol. The van der Waals surface area contributed by atoms with Gasteiger partial charge in [0.15, 0.2) is 0 Å². The van der Waals surface area contributed by atoms with Gasteiger partial charge in [0.05, 0.1) is 19.6 Å². The standard InChI is InChI=1S/C28H35F3N4O3/c1-37-18-19-16-32-27(33-17-19)34-10-5-20(6-11-34)24-13-21(24)7-12-38-23-4-3-22(25(29)15-23)14-26(36)35-9-2-8-28(35,30)31/h3-4,15-17,20-21,24H,2,5-14,18H2,1H3/t21-,24-/m1/s1. The van der Waals surface area contributed by atoms with E-state index in [-0.39, 0.29) is 31.4 Å². The van der Waals surface area contributed by atoms with Crippen molar-refractivity contribution in [3.05, 3.63) is 47.5 Å². The molecule has 0 radical (unpaired) electrons. The summed E-state index contributed by atoms with van der Waals surface area (Å²) in [5.41, 5.74) is 1.07. The molecule has 3 heterocycles. The summed E-state index contributed by atoms with van der Waals surface area (Å²) in [4.78, 5) is 24.0. The van der Waals surface area contributed by atoms with Gasteiger partial charge in [0, 0.05) is 57.2 Å². The summed E-state index contributed by atoms with van der Waals surface area (Å²) in [5, 5.41) is 0. The number of halogens is 3. The van der Waals surface area contributed by atoms with Crippen LogP contribution in [-0.2, 0) is 22.6 Å². The van der Waals surface area contributed by atoms with Gasteiger partial charge < -0.3 is 14.4 Å². The molecular weight excluding hydrogens is 497 g/mol. The largest absolute Gasteiger partial charge is 0.493 e. The molecule has 3 fully saturated rings. The van der Waals surface area contributed by atoms with Crippen LogP contribution in [-0.4, -0.2) is 60.2 Å². The average molecular weight is 533 g/mol. The maximum atomic E-state index is 14.5. The number of piperidine rings is 1. The molecule has 0 spiro atoms. The second-order valence-corrected chi connectivity index (χ2v) is 10.7. The fraction of sp³-hybridized carbons (Fsp3) is 0.607. The summed E-state index contributed by atoms with van der Waals surface area (Å²) in [7, 11) is 1.66. The third-order valence-corrected chi connectivity index (χ3v) is 8.09. The van der Waals surface area contributed by atoms with Crippen LogP contribution in [0.2, 0.25) is 0 Å². The second kappa shape index (κ2) is 11.5. The lowest BCUT2D eigenvalue weighted by Crippen LogP contribution is -2.41. The number of amides is 1. The lowest BCUT2D eigenvalue weighted by Gasteiger charge is -2.32. The Kier molecular flexibility index (Phi) is 8.07. The number of rotatable bonds is 10. The summed E-state index contributed by atoms with van der Waals surface area (Å²) in [6.45, 7) is 2.93. The first-order valence-corrected chi connectivity index (χ1v) is 13.5. The average Bonchev–Trinajstić information content (AvgIpc) is 3.59. The van der Waals surface area contributed by atoms with E-state index < -0.39 is 17.8 Å². The maximum absolute atomic E-state index is 14.5. The van der Waals surface area contributed by atoms with Gasteiger partial charge >= 0.3 is 6.05 Å². The topological polar surface area (TPSA) is 67.8 Å². The van der Waals surface area contributed by atoms with E-state index in [4.69, 9.17) is 9.47 Å². The van der Waals surface area contributed by atoms with E-state index in [1.807, 2.05) is 12.4 Å². The summed E-state index contributed by atoms with van der Waals surface area (Å²) >= 11 is 0. The maximum Gasteiger partial charge on any atom is 0.327 e. The summed E-state index contributed by atoms with van der Waals surface area (Å²) in [6.07, 6.45) is 7.55. The Morgan fingerprint density at radius 1 is 1.16 bits per heavy atom. The monoisotopic (exact) mass is 532 g/mol. The van der Waals surface area contributed by atoms with Crippen molar-refractivity contribution in [2.24, 2.45) is 17.8 Å². The molecule has 0 unspecified atom stereocenters. The van der Waals surface area contributed by atoms with Crippen LogP contribution in [0.4, 0.5) is 19.1 Å². The summed E-state index contributed by atoms with van der Waals surface area (Å²) < 4.78 is 53.0. The fourth-order valence-electron chi connectivity index (χ4n) is 5.86. The predicted octanol–water partition coefficient (Wildman–Crippen LogP) is 4.84. The van der Waals surface area contributed by atoms with Gasteiger partial charge in [0.2, 0.25) is 11.9 Å². The van der Waals surface area contributed by atoms with E-state index in [9.17, 15) is 18.0 Å². The van der Waals surface area contributed by atoms with Gasteiger partial charge in [-0.05, 0) is 61.5 Å². The molecular formula is C28H35F3N4O3. The number of anilines is 1. The van der Waals surface area contributed by atoms with E-state index in [2.05, 4.69) is 14.9 Å². The molecule has 0 N–H and O–H groups in total. The number of carbonyl (C=O) groups excluding carboxylic acids is 1. The molecule has 38 heavy (non-hydrogen) atoms. The number of ether oxygens (including phenoxy) is 2. The minimum Gasteiger partial charge on any atom is -0.493 e. The van der Waals surface area contributed by atoms with E-state index >= 15 is 0 Å². The molecule has 2 atom stereocenters. The first kappa shape index (κ1) is 26.7. The van der Waals surface area contributed by atoms with Crippen LogP contribution in [0, 0.1) is 23.6 Å². The van der Waals surface area contributed by atoms with E-state index in [0.717, 1.165) is 43.9 Å². The van der Waals surface area contributed by atoms with Crippen molar-refractivity contribution in [3.63, 3.8) is 0 Å². The van der Waals surface area contributed by atoms with Crippen molar-refractivity contribution in [2.75, 3.05) is 38.3 Å². The van der Waals surface area contributed by atoms with Gasteiger partial charge in [0.25, 0.3) is 0 Å². The van der Waals surface area contributed by atoms with Crippen LogP contribution in [0.3, 0.4) is 0 Å². The molecule has 1 aromatic carbocycles. The molecule has 7 nitrogen and oxygen atoms in total. The SMILES string of the molecule is COCc1cnc(N2CCC([C@H]3C[C@H]3CCOc3ccc(CC(=O)N4CCCC4(F)F)c(F)c3)CC2)nc1. The Morgan fingerprint density at radius 3 is 2.58 bits per heavy atom. The molecule has 3 aliphatic rings. The van der Waals surface area contributed by atoms with Gasteiger partial charge in [-0.1, -0.05) is 6.07 Å². The zero-order valence-electron chi connectivity index (χ0n) is 21.8. The number of carbonyl (C=O) groups is 1. The molecule has 1 aliphatic carbocycles. The summed E-state index contributed by atoms with van der Waals surface area (Å²) in [5.74, 6) is 1.85. The van der Waals surface area contributed by atoms with Gasteiger partial charge in [-0.15, -0.1) is 0 Å². The van der Waals surface area contributed by atoms with Crippen LogP contribution in [0.1, 0.15) is 49.7 Å². The van der Waals surface area contributed by atoms with Crippen LogP contribution >= 0.6 is 0 Å². The zero-order valence-corrected chi connectivity index (χ0v) is 21.8. The second-order valence-electron chi connectivity index (χ2n) is 10.7. The number of nitrogens with zero attached hydrogens (tertiary/aromatic N) is 4. The number of hydrogen-bond donors (Lipinski definition) is 0. The molecule has 2 aliphatic heterocycles. The minimum atomic E-state index is -3.14. The van der Waals surface area contributed by atoms with Crippen molar-refractivity contribution in [2.45, 2.75) is 57.6 Å². The van der Waals surface area contributed by atoms with Crippen molar-refractivity contribution in [3.8, 4) is 5.75 Å². The highest BCUT2D eigenvalue weighted by atomic mass is 19.3. The Labute approximate surface area is 221 Å².